The normalized spacial score (nSPS) is 30.2. The lowest BCUT2D eigenvalue weighted by Gasteiger charge is -2.28. The predicted molar refractivity (Wildman–Crippen MR) is 107 cm³/mol. The first kappa shape index (κ1) is 17.2. The highest BCUT2D eigenvalue weighted by Crippen LogP contribution is 2.60. The van der Waals surface area contributed by atoms with Crippen LogP contribution in [0.4, 0.5) is 5.69 Å². The fraction of sp³-hybridized carbons (Fsp3) is 0.333. The van der Waals surface area contributed by atoms with E-state index in [2.05, 4.69) is 25.1 Å². The minimum absolute atomic E-state index is 0.0625. The molecule has 2 fully saturated rings. The van der Waals surface area contributed by atoms with Gasteiger partial charge in [-0.05, 0) is 80.5 Å². The van der Waals surface area contributed by atoms with Crippen molar-refractivity contribution in [3.8, 4) is 11.5 Å². The minimum Gasteiger partial charge on any atom is -0.457 e. The summed E-state index contributed by atoms with van der Waals surface area (Å²) in [6.07, 6.45) is 5.17. The van der Waals surface area contributed by atoms with Crippen LogP contribution in [0.5, 0.6) is 11.5 Å². The van der Waals surface area contributed by atoms with Crippen LogP contribution in [0.2, 0.25) is 0 Å². The molecule has 0 unspecified atom stereocenters. The van der Waals surface area contributed by atoms with Crippen LogP contribution < -0.4 is 9.64 Å². The van der Waals surface area contributed by atoms with E-state index in [1.807, 2.05) is 38.1 Å². The Morgan fingerprint density at radius 3 is 2.50 bits per heavy atom. The number of hydrogen-bond acceptors (Lipinski definition) is 3. The lowest BCUT2D eigenvalue weighted by atomic mass is 9.71. The zero-order valence-electron chi connectivity index (χ0n) is 16.3. The SMILES string of the molecule is Cc1cccc(Oc2ccc(N3C(=O)[C@@H]4[C@H]5C=C[C@@H](C5)[C@]4(C)C3=O)cc2)c1C. The van der Waals surface area contributed by atoms with Crippen LogP contribution in [0.15, 0.2) is 54.6 Å². The number of hydrogen-bond donors (Lipinski definition) is 0. The molecular weight excluding hydrogens is 350 g/mol. The molecule has 1 saturated carbocycles. The predicted octanol–water partition coefficient (Wildman–Crippen LogP) is 4.80. The summed E-state index contributed by atoms with van der Waals surface area (Å²) in [7, 11) is 0. The molecule has 0 radical (unpaired) electrons. The number of allylic oxidation sites excluding steroid dienone is 2. The zero-order chi connectivity index (χ0) is 19.6. The van der Waals surface area contributed by atoms with Gasteiger partial charge in [0.05, 0.1) is 17.0 Å². The summed E-state index contributed by atoms with van der Waals surface area (Å²) in [6, 6.07) is 13.2. The Bertz CT molecular complexity index is 1020. The van der Waals surface area contributed by atoms with Crippen LogP contribution in [0, 0.1) is 37.0 Å². The molecule has 2 bridgehead atoms. The van der Waals surface area contributed by atoms with Gasteiger partial charge in [0.15, 0.2) is 0 Å². The topological polar surface area (TPSA) is 46.6 Å². The van der Waals surface area contributed by atoms with Crippen LogP contribution in [0.3, 0.4) is 0 Å². The van der Waals surface area contributed by atoms with Gasteiger partial charge in [-0.3, -0.25) is 9.59 Å². The number of imide groups is 1. The molecule has 0 spiro atoms. The Morgan fingerprint density at radius 2 is 1.79 bits per heavy atom. The van der Waals surface area contributed by atoms with E-state index in [4.69, 9.17) is 4.74 Å². The van der Waals surface area contributed by atoms with Gasteiger partial charge in [0, 0.05) is 0 Å². The monoisotopic (exact) mass is 373 g/mol. The maximum absolute atomic E-state index is 13.2. The quantitative estimate of drug-likeness (QED) is 0.574. The van der Waals surface area contributed by atoms with Gasteiger partial charge >= 0.3 is 0 Å². The first-order valence-corrected chi connectivity index (χ1v) is 9.82. The molecule has 0 aromatic heterocycles. The molecule has 4 atom stereocenters. The number of ether oxygens (including phenoxy) is 1. The van der Waals surface area contributed by atoms with Gasteiger partial charge in [-0.25, -0.2) is 4.90 Å². The smallest absolute Gasteiger partial charge is 0.241 e. The molecule has 4 heteroatoms. The Balaban J connectivity index is 1.42. The van der Waals surface area contributed by atoms with Crippen LogP contribution in [-0.4, -0.2) is 11.8 Å². The molecule has 2 amide bonds. The number of anilines is 1. The molecule has 142 valence electrons. The lowest BCUT2D eigenvalue weighted by Crippen LogP contribution is -2.37. The van der Waals surface area contributed by atoms with Gasteiger partial charge in [-0.15, -0.1) is 0 Å². The Kier molecular flexibility index (Phi) is 3.57. The largest absolute Gasteiger partial charge is 0.457 e. The second kappa shape index (κ2) is 5.81. The van der Waals surface area contributed by atoms with E-state index in [9.17, 15) is 9.59 Å². The average Bonchev–Trinajstić information content (AvgIpc) is 3.32. The molecular formula is C24H23NO3. The highest BCUT2D eigenvalue weighted by molar-refractivity contribution is 6.24. The molecule has 5 rings (SSSR count). The number of aryl methyl sites for hydroxylation is 1. The molecule has 1 aliphatic heterocycles. The highest BCUT2D eigenvalue weighted by Gasteiger charge is 2.67. The van der Waals surface area contributed by atoms with Crippen LogP contribution in [-0.2, 0) is 9.59 Å². The van der Waals surface area contributed by atoms with Crippen molar-refractivity contribution in [2.45, 2.75) is 27.2 Å². The van der Waals surface area contributed by atoms with Gasteiger partial charge in [0.1, 0.15) is 11.5 Å². The molecule has 3 aliphatic rings. The van der Waals surface area contributed by atoms with Gasteiger partial charge in [-0.1, -0.05) is 24.3 Å². The Morgan fingerprint density at radius 1 is 1.04 bits per heavy atom. The first-order chi connectivity index (χ1) is 13.4. The van der Waals surface area contributed by atoms with Gasteiger partial charge in [-0.2, -0.15) is 0 Å². The average molecular weight is 373 g/mol. The zero-order valence-corrected chi connectivity index (χ0v) is 16.3. The summed E-state index contributed by atoms with van der Waals surface area (Å²) in [5.41, 5.74) is 2.30. The molecule has 2 aromatic rings. The third-order valence-corrected chi connectivity index (χ3v) is 6.99. The van der Waals surface area contributed by atoms with E-state index in [1.165, 1.54) is 10.5 Å². The molecule has 0 N–H and O–H groups in total. The second-order valence-corrected chi connectivity index (χ2v) is 8.42. The fourth-order valence-electron chi connectivity index (χ4n) is 5.18. The molecule has 28 heavy (non-hydrogen) atoms. The van der Waals surface area contributed by atoms with Crippen LogP contribution >= 0.6 is 0 Å². The molecule has 1 heterocycles. The van der Waals surface area contributed by atoms with Crippen molar-refractivity contribution >= 4 is 17.5 Å². The van der Waals surface area contributed by atoms with Crippen LogP contribution in [0.25, 0.3) is 0 Å². The first-order valence-electron chi connectivity index (χ1n) is 9.82. The number of fused-ring (bicyclic) bond motifs is 5. The van der Waals surface area contributed by atoms with Crippen molar-refractivity contribution in [2.24, 2.45) is 23.2 Å². The minimum atomic E-state index is -0.593. The van der Waals surface area contributed by atoms with Crippen LogP contribution in [0.1, 0.15) is 24.5 Å². The van der Waals surface area contributed by atoms with Crippen molar-refractivity contribution in [3.05, 3.63) is 65.7 Å². The highest BCUT2D eigenvalue weighted by atomic mass is 16.5. The number of benzene rings is 2. The van der Waals surface area contributed by atoms with Crippen molar-refractivity contribution < 1.29 is 14.3 Å². The van der Waals surface area contributed by atoms with Gasteiger partial charge < -0.3 is 4.74 Å². The summed E-state index contributed by atoms with van der Waals surface area (Å²) in [5, 5.41) is 0. The second-order valence-electron chi connectivity index (χ2n) is 8.42. The summed E-state index contributed by atoms with van der Waals surface area (Å²) in [5.74, 6) is 1.52. The number of nitrogens with zero attached hydrogens (tertiary/aromatic N) is 1. The summed E-state index contributed by atoms with van der Waals surface area (Å²) >= 11 is 0. The summed E-state index contributed by atoms with van der Waals surface area (Å²) in [6.45, 7) is 6.04. The maximum Gasteiger partial charge on any atom is 0.241 e. The molecule has 2 aliphatic carbocycles. The number of rotatable bonds is 3. The lowest BCUT2D eigenvalue weighted by molar-refractivity contribution is -0.127. The van der Waals surface area contributed by atoms with E-state index < -0.39 is 5.41 Å². The van der Waals surface area contributed by atoms with E-state index >= 15 is 0 Å². The summed E-state index contributed by atoms with van der Waals surface area (Å²) in [4.78, 5) is 27.7. The number of amides is 2. The molecule has 2 aromatic carbocycles. The van der Waals surface area contributed by atoms with E-state index in [1.54, 1.807) is 12.1 Å². The van der Waals surface area contributed by atoms with Crippen molar-refractivity contribution in [1.29, 1.82) is 0 Å². The van der Waals surface area contributed by atoms with Crippen molar-refractivity contribution in [3.63, 3.8) is 0 Å². The molecule has 4 nitrogen and oxygen atoms in total. The Labute approximate surface area is 164 Å². The Hall–Kier alpha value is -2.88. The molecule has 1 saturated heterocycles. The number of carbonyl (C=O) groups is 2. The maximum atomic E-state index is 13.2. The summed E-state index contributed by atoms with van der Waals surface area (Å²) < 4.78 is 6.00. The number of carbonyl (C=O) groups excluding carboxylic acids is 2. The van der Waals surface area contributed by atoms with E-state index in [-0.39, 0.29) is 29.6 Å². The third-order valence-electron chi connectivity index (χ3n) is 6.99. The van der Waals surface area contributed by atoms with Crippen molar-refractivity contribution in [1.82, 2.24) is 0 Å². The fourth-order valence-corrected chi connectivity index (χ4v) is 5.18. The van der Waals surface area contributed by atoms with Crippen molar-refractivity contribution in [2.75, 3.05) is 4.90 Å². The van der Waals surface area contributed by atoms with E-state index in [0.29, 0.717) is 11.4 Å². The van der Waals surface area contributed by atoms with E-state index in [0.717, 1.165) is 17.7 Å². The standard InChI is InChI=1S/C24H23NO3/c1-14-5-4-6-20(15(14)2)28-19-11-9-18(10-12-19)25-22(26)21-16-7-8-17(13-16)24(21,3)23(25)27/h4-12,16-17,21H,13H2,1-3H3/t16-,17-,21-,24-/m0/s1. The van der Waals surface area contributed by atoms with Gasteiger partial charge in [0.2, 0.25) is 11.8 Å². The third kappa shape index (κ3) is 2.17. The van der Waals surface area contributed by atoms with Gasteiger partial charge in [0.25, 0.3) is 0 Å².